The predicted octanol–water partition coefficient (Wildman–Crippen LogP) is 1.54. The van der Waals surface area contributed by atoms with Crippen molar-refractivity contribution < 1.29 is 14.0 Å². The van der Waals surface area contributed by atoms with Crippen LogP contribution in [-0.2, 0) is 4.79 Å². The first kappa shape index (κ1) is 9.92. The Balaban J connectivity index is 2.45. The highest BCUT2D eigenvalue weighted by Crippen LogP contribution is 2.24. The number of carbonyl (C=O) groups excluding carboxylic acids is 2. The van der Waals surface area contributed by atoms with Crippen molar-refractivity contribution in [1.82, 2.24) is 5.32 Å². The van der Waals surface area contributed by atoms with Crippen LogP contribution < -0.4 is 10.2 Å². The van der Waals surface area contributed by atoms with Gasteiger partial charge in [-0.25, -0.2) is 14.1 Å². The van der Waals surface area contributed by atoms with Crippen molar-refractivity contribution in [3.8, 4) is 0 Å². The molecule has 0 bridgehead atoms. The molecule has 78 valence electrons. The lowest BCUT2D eigenvalue weighted by molar-refractivity contribution is -0.115. The number of imide groups is 1. The van der Waals surface area contributed by atoms with Crippen molar-refractivity contribution in [2.24, 2.45) is 0 Å². The molecule has 0 saturated carbocycles. The minimum absolute atomic E-state index is 0.0839. The van der Waals surface area contributed by atoms with Crippen LogP contribution in [-0.4, -0.2) is 18.5 Å². The number of halogens is 2. The second-order valence-electron chi connectivity index (χ2n) is 2.98. The van der Waals surface area contributed by atoms with Crippen LogP contribution in [0.15, 0.2) is 18.2 Å². The number of hydrogen-bond acceptors (Lipinski definition) is 2. The molecule has 0 atom stereocenters. The van der Waals surface area contributed by atoms with Crippen molar-refractivity contribution >= 4 is 29.2 Å². The van der Waals surface area contributed by atoms with Gasteiger partial charge in [0.05, 0.1) is 12.2 Å². The van der Waals surface area contributed by atoms with E-state index in [2.05, 4.69) is 5.32 Å². The molecule has 1 aliphatic rings. The molecule has 15 heavy (non-hydrogen) atoms. The quantitative estimate of drug-likeness (QED) is 0.742. The standard InChI is InChI=1S/C9H6ClFN2O2/c10-5-1-2-7(6(11)3-5)13-8(14)4-12-9(13)15/h1-3H,4H2,(H,12,15). The highest BCUT2D eigenvalue weighted by molar-refractivity contribution is 6.30. The summed E-state index contributed by atoms with van der Waals surface area (Å²) in [5.74, 6) is -1.19. The summed E-state index contributed by atoms with van der Waals surface area (Å²) in [5, 5.41) is 2.51. The Morgan fingerprint density at radius 1 is 1.40 bits per heavy atom. The third-order valence-corrected chi connectivity index (χ3v) is 2.23. The lowest BCUT2D eigenvalue weighted by Gasteiger charge is -2.12. The molecule has 3 amide bonds. The van der Waals surface area contributed by atoms with Crippen LogP contribution in [0, 0.1) is 5.82 Å². The fraction of sp³-hybridized carbons (Fsp3) is 0.111. The maximum absolute atomic E-state index is 13.4. The summed E-state index contributed by atoms with van der Waals surface area (Å²) in [6, 6.07) is 3.14. The summed E-state index contributed by atoms with van der Waals surface area (Å²) >= 11 is 5.55. The van der Waals surface area contributed by atoms with E-state index < -0.39 is 17.8 Å². The number of carbonyl (C=O) groups is 2. The van der Waals surface area contributed by atoms with Crippen LogP contribution >= 0.6 is 11.6 Å². The monoisotopic (exact) mass is 228 g/mol. The third kappa shape index (κ3) is 1.66. The molecule has 0 aromatic heterocycles. The van der Waals surface area contributed by atoms with E-state index in [1.165, 1.54) is 12.1 Å². The maximum atomic E-state index is 13.4. The molecular weight excluding hydrogens is 223 g/mol. The lowest BCUT2D eigenvalue weighted by atomic mass is 10.3. The Bertz CT molecular complexity index is 434. The molecule has 0 spiro atoms. The van der Waals surface area contributed by atoms with Crippen molar-refractivity contribution in [3.05, 3.63) is 29.0 Å². The van der Waals surface area contributed by atoms with Gasteiger partial charge in [0.15, 0.2) is 0 Å². The van der Waals surface area contributed by atoms with Gasteiger partial charge in [0.1, 0.15) is 5.82 Å². The molecule has 6 heteroatoms. The zero-order valence-electron chi connectivity index (χ0n) is 7.46. The largest absolute Gasteiger partial charge is 0.329 e. The van der Waals surface area contributed by atoms with Gasteiger partial charge in [-0.05, 0) is 18.2 Å². The average Bonchev–Trinajstić information content (AvgIpc) is 2.48. The van der Waals surface area contributed by atoms with Gasteiger partial charge in [0.2, 0.25) is 0 Å². The molecule has 1 aromatic carbocycles. The van der Waals surface area contributed by atoms with E-state index in [-0.39, 0.29) is 17.3 Å². The number of nitrogens with one attached hydrogen (secondary N) is 1. The first-order valence-corrected chi connectivity index (χ1v) is 4.53. The smallest absolute Gasteiger partial charge is 0.328 e. The Labute approximate surface area is 89.6 Å². The summed E-state index contributed by atoms with van der Waals surface area (Å²) in [6.45, 7) is -0.110. The summed E-state index contributed by atoms with van der Waals surface area (Å²) < 4.78 is 13.4. The summed E-state index contributed by atoms with van der Waals surface area (Å²) in [4.78, 5) is 23.2. The van der Waals surface area contributed by atoms with Crippen molar-refractivity contribution in [2.45, 2.75) is 0 Å². The van der Waals surface area contributed by atoms with Crippen molar-refractivity contribution in [1.29, 1.82) is 0 Å². The van der Waals surface area contributed by atoms with E-state index in [4.69, 9.17) is 11.6 Å². The lowest BCUT2D eigenvalue weighted by Crippen LogP contribution is -2.31. The molecule has 1 aliphatic heterocycles. The molecular formula is C9H6ClFN2O2. The summed E-state index contributed by atoms with van der Waals surface area (Å²) in [6.07, 6.45) is 0. The normalized spacial score (nSPS) is 15.7. The van der Waals surface area contributed by atoms with Crippen LogP contribution in [0.4, 0.5) is 14.9 Å². The SMILES string of the molecule is O=C1CNC(=O)N1c1ccc(Cl)cc1F. The molecule has 2 rings (SSSR count). The second kappa shape index (κ2) is 3.51. The number of hydrogen-bond donors (Lipinski definition) is 1. The van der Waals surface area contributed by atoms with Crippen LogP contribution in [0.25, 0.3) is 0 Å². The van der Waals surface area contributed by atoms with Crippen LogP contribution in [0.3, 0.4) is 0 Å². The van der Waals surface area contributed by atoms with Crippen LogP contribution in [0.2, 0.25) is 5.02 Å². The van der Waals surface area contributed by atoms with E-state index in [0.29, 0.717) is 0 Å². The molecule has 0 aliphatic carbocycles. The molecule has 0 radical (unpaired) electrons. The number of rotatable bonds is 1. The molecule has 1 heterocycles. The third-order valence-electron chi connectivity index (χ3n) is 1.99. The number of urea groups is 1. The molecule has 4 nitrogen and oxygen atoms in total. The Kier molecular flexibility index (Phi) is 2.32. The van der Waals surface area contributed by atoms with E-state index in [0.717, 1.165) is 11.0 Å². The van der Waals surface area contributed by atoms with Gasteiger partial charge < -0.3 is 5.32 Å². The maximum Gasteiger partial charge on any atom is 0.329 e. The number of amides is 3. The van der Waals surface area contributed by atoms with Gasteiger partial charge in [-0.1, -0.05) is 11.6 Å². The van der Waals surface area contributed by atoms with Crippen molar-refractivity contribution in [3.63, 3.8) is 0 Å². The van der Waals surface area contributed by atoms with Gasteiger partial charge >= 0.3 is 6.03 Å². The molecule has 1 aromatic rings. The van der Waals surface area contributed by atoms with E-state index >= 15 is 0 Å². The zero-order valence-corrected chi connectivity index (χ0v) is 8.21. The zero-order chi connectivity index (χ0) is 11.0. The van der Waals surface area contributed by atoms with Crippen LogP contribution in [0.1, 0.15) is 0 Å². The first-order chi connectivity index (χ1) is 7.09. The minimum Gasteiger partial charge on any atom is -0.328 e. The Hall–Kier alpha value is -1.62. The van der Waals surface area contributed by atoms with Gasteiger partial charge in [-0.2, -0.15) is 0 Å². The number of benzene rings is 1. The highest BCUT2D eigenvalue weighted by Gasteiger charge is 2.31. The number of nitrogens with zero attached hydrogens (tertiary/aromatic N) is 1. The van der Waals surface area contributed by atoms with Crippen LogP contribution in [0.5, 0.6) is 0 Å². The van der Waals surface area contributed by atoms with Gasteiger partial charge in [-0.15, -0.1) is 0 Å². The fourth-order valence-corrected chi connectivity index (χ4v) is 1.49. The fourth-order valence-electron chi connectivity index (χ4n) is 1.33. The molecule has 1 saturated heterocycles. The first-order valence-electron chi connectivity index (χ1n) is 4.15. The van der Waals surface area contributed by atoms with Crippen molar-refractivity contribution in [2.75, 3.05) is 11.4 Å². The van der Waals surface area contributed by atoms with Gasteiger partial charge in [-0.3, -0.25) is 4.79 Å². The predicted molar refractivity (Wildman–Crippen MR) is 52.3 cm³/mol. The Morgan fingerprint density at radius 2 is 2.13 bits per heavy atom. The second-order valence-corrected chi connectivity index (χ2v) is 3.42. The van der Waals surface area contributed by atoms with Gasteiger partial charge in [0, 0.05) is 5.02 Å². The summed E-state index contributed by atoms with van der Waals surface area (Å²) in [5.41, 5.74) is -0.0839. The minimum atomic E-state index is -0.701. The Morgan fingerprint density at radius 3 is 2.67 bits per heavy atom. The van der Waals surface area contributed by atoms with E-state index in [1.807, 2.05) is 0 Å². The number of anilines is 1. The van der Waals surface area contributed by atoms with E-state index in [1.54, 1.807) is 0 Å². The topological polar surface area (TPSA) is 49.4 Å². The van der Waals surface area contributed by atoms with E-state index in [9.17, 15) is 14.0 Å². The molecule has 0 unspecified atom stereocenters. The average molecular weight is 229 g/mol. The molecule has 1 N–H and O–H groups in total. The summed E-state index contributed by atoms with van der Waals surface area (Å²) in [7, 11) is 0. The molecule has 1 fully saturated rings. The highest BCUT2D eigenvalue weighted by atomic mass is 35.5. The van der Waals surface area contributed by atoms with Gasteiger partial charge in [0.25, 0.3) is 5.91 Å².